The Kier molecular flexibility index (Phi) is 7.88. The van der Waals surface area contributed by atoms with Crippen LogP contribution >= 0.6 is 0 Å². The molecule has 3 aromatic rings. The Hall–Kier alpha value is -3.46. The minimum Gasteiger partial charge on any atom is -0.478 e. The second-order valence-electron chi connectivity index (χ2n) is 8.78. The van der Waals surface area contributed by atoms with Crippen molar-refractivity contribution in [3.05, 3.63) is 89.0 Å². The fraction of sp³-hybridized carbons (Fsp3) is 0.269. The number of carboxylic acid groups (broad SMARTS) is 1. The number of nitrogens with zero attached hydrogens (tertiary/aromatic N) is 1. The van der Waals surface area contributed by atoms with Gasteiger partial charge in [0.15, 0.2) is 5.78 Å². The number of aliphatic hydroxyl groups is 1. The van der Waals surface area contributed by atoms with Crippen LogP contribution in [0.2, 0.25) is 0 Å². The first kappa shape index (κ1) is 25.2. The molecule has 178 valence electrons. The van der Waals surface area contributed by atoms with Crippen LogP contribution in [0.3, 0.4) is 0 Å². The standard InChI is InChI=1S/C26H27FN2O5/c1-26(2,3)34-25(33)29-14-20-9-8-19(23(30)13-18-10-11-28-15-22(18)27)12-21(20)16-4-6-17(7-5-16)24(31)32/h4-12,15,25,29,33H,13-14H2,1-3H3,(H,31,32). The van der Waals surface area contributed by atoms with Crippen molar-refractivity contribution in [2.75, 3.05) is 0 Å². The van der Waals surface area contributed by atoms with Gasteiger partial charge in [0.2, 0.25) is 6.41 Å². The Morgan fingerprint density at radius 1 is 1.06 bits per heavy atom. The summed E-state index contributed by atoms with van der Waals surface area (Å²) in [6.45, 7) is 5.68. The molecule has 0 saturated heterocycles. The van der Waals surface area contributed by atoms with Gasteiger partial charge in [-0.15, -0.1) is 0 Å². The molecule has 0 aliphatic carbocycles. The summed E-state index contributed by atoms with van der Waals surface area (Å²) >= 11 is 0. The van der Waals surface area contributed by atoms with E-state index in [2.05, 4.69) is 10.3 Å². The van der Waals surface area contributed by atoms with Crippen molar-refractivity contribution in [1.29, 1.82) is 0 Å². The molecular weight excluding hydrogens is 439 g/mol. The van der Waals surface area contributed by atoms with Crippen molar-refractivity contribution < 1.29 is 28.9 Å². The maximum atomic E-state index is 14.0. The third-order valence-corrected chi connectivity index (χ3v) is 5.01. The van der Waals surface area contributed by atoms with E-state index in [0.717, 1.165) is 11.8 Å². The molecule has 1 aromatic heterocycles. The average molecular weight is 467 g/mol. The topological polar surface area (TPSA) is 109 Å². The Morgan fingerprint density at radius 2 is 1.74 bits per heavy atom. The quantitative estimate of drug-likeness (QED) is 0.320. The number of pyridine rings is 1. The largest absolute Gasteiger partial charge is 0.478 e. The Bertz CT molecular complexity index is 1170. The summed E-state index contributed by atoms with van der Waals surface area (Å²) in [5.74, 6) is -1.86. The van der Waals surface area contributed by atoms with Crippen molar-refractivity contribution in [3.8, 4) is 11.1 Å². The first-order valence-corrected chi connectivity index (χ1v) is 10.7. The molecule has 7 nitrogen and oxygen atoms in total. The number of aliphatic hydroxyl groups excluding tert-OH is 1. The SMILES string of the molecule is CC(C)(C)OC(O)NCc1ccc(C(=O)Cc2ccncc2F)cc1-c1ccc(C(=O)O)cc1. The number of nitrogens with one attached hydrogen (secondary N) is 1. The van der Waals surface area contributed by atoms with Gasteiger partial charge in [-0.3, -0.25) is 15.1 Å². The van der Waals surface area contributed by atoms with E-state index in [4.69, 9.17) is 4.74 Å². The van der Waals surface area contributed by atoms with Crippen LogP contribution in [-0.4, -0.2) is 39.0 Å². The molecular formula is C26H27FN2O5. The van der Waals surface area contributed by atoms with Crippen LogP contribution < -0.4 is 5.32 Å². The van der Waals surface area contributed by atoms with Crippen molar-refractivity contribution >= 4 is 11.8 Å². The molecule has 2 aromatic carbocycles. The highest BCUT2D eigenvalue weighted by atomic mass is 19.1. The molecule has 0 fully saturated rings. The smallest absolute Gasteiger partial charge is 0.335 e. The summed E-state index contributed by atoms with van der Waals surface area (Å²) in [5.41, 5.74) is 2.33. The predicted octanol–water partition coefficient (Wildman–Crippen LogP) is 4.19. The number of rotatable bonds is 9. The zero-order valence-corrected chi connectivity index (χ0v) is 19.2. The van der Waals surface area contributed by atoms with Crippen LogP contribution in [0.25, 0.3) is 11.1 Å². The number of carbonyl (C=O) groups excluding carboxylic acids is 1. The number of benzene rings is 2. The van der Waals surface area contributed by atoms with Gasteiger partial charge in [0.05, 0.1) is 17.4 Å². The zero-order chi connectivity index (χ0) is 24.9. The maximum absolute atomic E-state index is 14.0. The number of hydrogen-bond donors (Lipinski definition) is 3. The Morgan fingerprint density at radius 3 is 2.35 bits per heavy atom. The summed E-state index contributed by atoms with van der Waals surface area (Å²) in [7, 11) is 0. The number of hydrogen-bond acceptors (Lipinski definition) is 6. The Labute approximate surface area is 197 Å². The normalized spacial score (nSPS) is 12.4. The second-order valence-corrected chi connectivity index (χ2v) is 8.78. The van der Waals surface area contributed by atoms with Crippen molar-refractivity contribution in [2.45, 2.75) is 45.8 Å². The van der Waals surface area contributed by atoms with E-state index in [1.165, 1.54) is 24.4 Å². The molecule has 0 spiro atoms. The molecule has 34 heavy (non-hydrogen) atoms. The van der Waals surface area contributed by atoms with Gasteiger partial charge in [-0.2, -0.15) is 0 Å². The molecule has 1 heterocycles. The molecule has 3 N–H and O–H groups in total. The van der Waals surface area contributed by atoms with E-state index >= 15 is 0 Å². The summed E-state index contributed by atoms with van der Waals surface area (Å²) in [4.78, 5) is 27.8. The molecule has 3 rings (SSSR count). The monoisotopic (exact) mass is 466 g/mol. The number of aromatic nitrogens is 1. The number of halogens is 1. The average Bonchev–Trinajstić information content (AvgIpc) is 2.78. The molecule has 8 heteroatoms. The third kappa shape index (κ3) is 6.77. The van der Waals surface area contributed by atoms with E-state index in [1.807, 2.05) is 20.8 Å². The van der Waals surface area contributed by atoms with E-state index in [-0.39, 0.29) is 29.9 Å². The minimum absolute atomic E-state index is 0.124. The van der Waals surface area contributed by atoms with E-state index in [9.17, 15) is 24.2 Å². The maximum Gasteiger partial charge on any atom is 0.335 e. The van der Waals surface area contributed by atoms with E-state index in [0.29, 0.717) is 16.7 Å². The molecule has 0 amide bonds. The lowest BCUT2D eigenvalue weighted by Gasteiger charge is -2.25. The van der Waals surface area contributed by atoms with Crippen molar-refractivity contribution in [2.24, 2.45) is 0 Å². The number of aromatic carboxylic acids is 1. The van der Waals surface area contributed by atoms with Crippen LogP contribution in [0.5, 0.6) is 0 Å². The minimum atomic E-state index is -1.21. The van der Waals surface area contributed by atoms with Crippen LogP contribution in [0.1, 0.15) is 52.6 Å². The summed E-state index contributed by atoms with van der Waals surface area (Å²) in [5, 5.41) is 22.2. The van der Waals surface area contributed by atoms with Gasteiger partial charge >= 0.3 is 5.97 Å². The lowest BCUT2D eigenvalue weighted by molar-refractivity contribution is -0.182. The van der Waals surface area contributed by atoms with Gasteiger partial charge in [0.1, 0.15) is 5.82 Å². The number of ether oxygens (including phenoxy) is 1. The zero-order valence-electron chi connectivity index (χ0n) is 19.2. The summed E-state index contributed by atoms with van der Waals surface area (Å²) in [6, 6.07) is 12.8. The molecule has 1 unspecified atom stereocenters. The van der Waals surface area contributed by atoms with Crippen LogP contribution in [-0.2, 0) is 17.7 Å². The lowest BCUT2D eigenvalue weighted by Crippen LogP contribution is -2.37. The molecule has 0 aliphatic heterocycles. The Balaban J connectivity index is 1.91. The molecule has 0 saturated carbocycles. The van der Waals surface area contributed by atoms with Crippen LogP contribution in [0.4, 0.5) is 4.39 Å². The van der Waals surface area contributed by atoms with Gasteiger partial charge in [0.25, 0.3) is 0 Å². The molecule has 1 atom stereocenters. The fourth-order valence-corrected chi connectivity index (χ4v) is 3.36. The third-order valence-electron chi connectivity index (χ3n) is 5.01. The van der Waals surface area contributed by atoms with Gasteiger partial charge in [-0.1, -0.05) is 24.3 Å². The highest BCUT2D eigenvalue weighted by molar-refractivity contribution is 5.99. The number of carboxylic acids is 1. The van der Waals surface area contributed by atoms with Gasteiger partial charge < -0.3 is 14.9 Å². The molecule has 0 bridgehead atoms. The number of Topliss-reactive ketones (excluding diaryl/α,β-unsaturated/α-hetero) is 1. The highest BCUT2D eigenvalue weighted by Crippen LogP contribution is 2.27. The first-order chi connectivity index (χ1) is 16.0. The second kappa shape index (κ2) is 10.6. The van der Waals surface area contributed by atoms with Gasteiger partial charge in [-0.25, -0.2) is 9.18 Å². The van der Waals surface area contributed by atoms with Crippen LogP contribution in [0.15, 0.2) is 60.9 Å². The van der Waals surface area contributed by atoms with Gasteiger partial charge in [0, 0.05) is 24.7 Å². The lowest BCUT2D eigenvalue weighted by atomic mass is 9.93. The number of ketones is 1. The van der Waals surface area contributed by atoms with Crippen molar-refractivity contribution in [1.82, 2.24) is 10.3 Å². The molecule has 0 radical (unpaired) electrons. The summed E-state index contributed by atoms with van der Waals surface area (Å²) in [6.07, 6.45) is 1.17. The highest BCUT2D eigenvalue weighted by Gasteiger charge is 2.18. The van der Waals surface area contributed by atoms with E-state index in [1.54, 1.807) is 30.3 Å². The number of carbonyl (C=O) groups is 2. The predicted molar refractivity (Wildman–Crippen MR) is 125 cm³/mol. The molecule has 0 aliphatic rings. The fourth-order valence-electron chi connectivity index (χ4n) is 3.36. The van der Waals surface area contributed by atoms with Gasteiger partial charge in [-0.05, 0) is 67.3 Å². The van der Waals surface area contributed by atoms with E-state index < -0.39 is 23.8 Å². The summed E-state index contributed by atoms with van der Waals surface area (Å²) < 4.78 is 19.4. The van der Waals surface area contributed by atoms with Crippen LogP contribution in [0, 0.1) is 5.82 Å². The van der Waals surface area contributed by atoms with Crippen molar-refractivity contribution in [3.63, 3.8) is 0 Å². The first-order valence-electron chi connectivity index (χ1n) is 10.7.